The lowest BCUT2D eigenvalue weighted by Crippen LogP contribution is -2.23. The highest BCUT2D eigenvalue weighted by atomic mass is 16.5. The van der Waals surface area contributed by atoms with E-state index in [1.807, 2.05) is 37.3 Å². The fraction of sp³-hybridized carbons (Fsp3) is 0.188. The van der Waals surface area contributed by atoms with Gasteiger partial charge in [-0.25, -0.2) is 4.79 Å². The van der Waals surface area contributed by atoms with Gasteiger partial charge in [-0.3, -0.25) is 0 Å². The van der Waals surface area contributed by atoms with Crippen LogP contribution in [0, 0.1) is 6.92 Å². The molecule has 2 N–H and O–H groups in total. The summed E-state index contributed by atoms with van der Waals surface area (Å²) in [7, 11) is 0. The van der Waals surface area contributed by atoms with Crippen LogP contribution in [0.5, 0.6) is 5.75 Å². The van der Waals surface area contributed by atoms with Crippen molar-refractivity contribution in [1.82, 2.24) is 5.32 Å². The number of alkyl carbamates (subject to hydrolysis) is 1. The molecule has 0 aliphatic rings. The van der Waals surface area contributed by atoms with Crippen LogP contribution >= 0.6 is 0 Å². The highest BCUT2D eigenvalue weighted by Gasteiger charge is 2.03. The smallest absolute Gasteiger partial charge is 0.407 e. The van der Waals surface area contributed by atoms with Crippen LogP contribution in [0.3, 0.4) is 0 Å². The lowest BCUT2D eigenvalue weighted by molar-refractivity contribution is 0.139. The first kappa shape index (κ1) is 13.9. The van der Waals surface area contributed by atoms with Crippen molar-refractivity contribution < 1.29 is 14.6 Å². The predicted molar refractivity (Wildman–Crippen MR) is 76.3 cm³/mol. The van der Waals surface area contributed by atoms with Gasteiger partial charge in [-0.1, -0.05) is 42.0 Å². The molecule has 0 spiro atoms. The molecule has 2 aromatic carbocycles. The minimum atomic E-state index is -0.478. The third-order valence-corrected chi connectivity index (χ3v) is 2.84. The zero-order valence-corrected chi connectivity index (χ0v) is 11.3. The summed E-state index contributed by atoms with van der Waals surface area (Å²) in [4.78, 5) is 11.5. The average molecular weight is 271 g/mol. The number of phenols is 1. The molecule has 0 fully saturated rings. The quantitative estimate of drug-likeness (QED) is 0.898. The van der Waals surface area contributed by atoms with E-state index >= 15 is 0 Å². The van der Waals surface area contributed by atoms with Crippen LogP contribution in [-0.2, 0) is 17.9 Å². The Morgan fingerprint density at radius 3 is 2.60 bits per heavy atom. The van der Waals surface area contributed by atoms with Gasteiger partial charge in [-0.15, -0.1) is 0 Å². The molecule has 20 heavy (non-hydrogen) atoms. The number of benzene rings is 2. The Balaban J connectivity index is 1.77. The third-order valence-electron chi connectivity index (χ3n) is 2.84. The van der Waals surface area contributed by atoms with E-state index in [2.05, 4.69) is 5.32 Å². The normalized spacial score (nSPS) is 10.1. The SMILES string of the molecule is Cc1ccc(COC(=O)NCc2cccc(O)c2)cc1. The largest absolute Gasteiger partial charge is 0.508 e. The molecule has 4 nitrogen and oxygen atoms in total. The Bertz CT molecular complexity index is 579. The molecule has 0 saturated carbocycles. The summed E-state index contributed by atoms with van der Waals surface area (Å²) < 4.78 is 5.11. The molecule has 0 saturated heterocycles. The lowest BCUT2D eigenvalue weighted by Gasteiger charge is -2.07. The van der Waals surface area contributed by atoms with Crippen LogP contribution < -0.4 is 5.32 Å². The van der Waals surface area contributed by atoms with Crippen molar-refractivity contribution in [1.29, 1.82) is 0 Å². The van der Waals surface area contributed by atoms with E-state index in [-0.39, 0.29) is 12.4 Å². The molecule has 0 radical (unpaired) electrons. The van der Waals surface area contributed by atoms with E-state index in [0.717, 1.165) is 11.1 Å². The minimum Gasteiger partial charge on any atom is -0.508 e. The molecule has 0 heterocycles. The first-order chi connectivity index (χ1) is 9.63. The van der Waals surface area contributed by atoms with Crippen LogP contribution in [-0.4, -0.2) is 11.2 Å². The highest BCUT2D eigenvalue weighted by Crippen LogP contribution is 2.10. The van der Waals surface area contributed by atoms with Crippen LogP contribution in [0.15, 0.2) is 48.5 Å². The zero-order chi connectivity index (χ0) is 14.4. The van der Waals surface area contributed by atoms with Crippen LogP contribution in [0.25, 0.3) is 0 Å². The second-order valence-electron chi connectivity index (χ2n) is 4.59. The molecular weight excluding hydrogens is 254 g/mol. The molecule has 2 rings (SSSR count). The Morgan fingerprint density at radius 1 is 1.15 bits per heavy atom. The van der Waals surface area contributed by atoms with E-state index in [9.17, 15) is 9.90 Å². The van der Waals surface area contributed by atoms with Gasteiger partial charge in [0.1, 0.15) is 12.4 Å². The number of aromatic hydroxyl groups is 1. The lowest BCUT2D eigenvalue weighted by atomic mass is 10.2. The van der Waals surface area contributed by atoms with E-state index in [1.165, 1.54) is 5.56 Å². The zero-order valence-electron chi connectivity index (χ0n) is 11.3. The van der Waals surface area contributed by atoms with E-state index < -0.39 is 6.09 Å². The standard InChI is InChI=1S/C16H17NO3/c1-12-5-7-13(8-6-12)11-20-16(19)17-10-14-3-2-4-15(18)9-14/h2-9,18H,10-11H2,1H3,(H,17,19). The van der Waals surface area contributed by atoms with Gasteiger partial charge in [-0.05, 0) is 30.2 Å². The van der Waals surface area contributed by atoms with Gasteiger partial charge in [0.2, 0.25) is 0 Å². The number of carbonyl (C=O) groups is 1. The van der Waals surface area contributed by atoms with Gasteiger partial charge in [0.15, 0.2) is 0 Å². The number of aryl methyl sites for hydroxylation is 1. The Kier molecular flexibility index (Phi) is 4.60. The molecule has 4 heteroatoms. The number of amides is 1. The molecule has 0 unspecified atom stereocenters. The van der Waals surface area contributed by atoms with Crippen molar-refractivity contribution in [2.24, 2.45) is 0 Å². The van der Waals surface area contributed by atoms with Crippen molar-refractivity contribution >= 4 is 6.09 Å². The van der Waals surface area contributed by atoms with Crippen molar-refractivity contribution in [3.63, 3.8) is 0 Å². The maximum absolute atomic E-state index is 11.5. The Labute approximate surface area is 118 Å². The number of nitrogens with one attached hydrogen (secondary N) is 1. The van der Waals surface area contributed by atoms with E-state index in [1.54, 1.807) is 18.2 Å². The molecule has 0 aliphatic heterocycles. The van der Waals surface area contributed by atoms with Gasteiger partial charge >= 0.3 is 6.09 Å². The first-order valence-electron chi connectivity index (χ1n) is 6.37. The molecule has 0 aromatic heterocycles. The summed E-state index contributed by atoms with van der Waals surface area (Å²) in [5.74, 6) is 0.178. The van der Waals surface area contributed by atoms with Gasteiger partial charge in [0.25, 0.3) is 0 Å². The second-order valence-corrected chi connectivity index (χ2v) is 4.59. The van der Waals surface area contributed by atoms with Crippen LogP contribution in [0.2, 0.25) is 0 Å². The van der Waals surface area contributed by atoms with E-state index in [4.69, 9.17) is 4.74 Å². The summed E-state index contributed by atoms with van der Waals surface area (Å²) in [6.45, 7) is 2.57. The summed E-state index contributed by atoms with van der Waals surface area (Å²) >= 11 is 0. The number of phenolic OH excluding ortho intramolecular Hbond substituents is 1. The molecule has 0 bridgehead atoms. The predicted octanol–water partition coefficient (Wildman–Crippen LogP) is 3.13. The third kappa shape index (κ3) is 4.31. The molecule has 1 amide bonds. The summed E-state index contributed by atoms with van der Waals surface area (Å²) in [5.41, 5.74) is 2.93. The van der Waals surface area contributed by atoms with Gasteiger partial charge in [0, 0.05) is 6.54 Å². The maximum Gasteiger partial charge on any atom is 0.407 e. The van der Waals surface area contributed by atoms with Crippen molar-refractivity contribution in [3.8, 4) is 5.75 Å². The van der Waals surface area contributed by atoms with Crippen LogP contribution in [0.1, 0.15) is 16.7 Å². The van der Waals surface area contributed by atoms with Gasteiger partial charge < -0.3 is 15.2 Å². The maximum atomic E-state index is 11.5. The number of rotatable bonds is 4. The molecule has 2 aromatic rings. The first-order valence-corrected chi connectivity index (χ1v) is 6.37. The van der Waals surface area contributed by atoms with Crippen molar-refractivity contribution in [2.75, 3.05) is 0 Å². The highest BCUT2D eigenvalue weighted by molar-refractivity contribution is 5.67. The topological polar surface area (TPSA) is 58.6 Å². The number of ether oxygens (including phenoxy) is 1. The van der Waals surface area contributed by atoms with E-state index in [0.29, 0.717) is 6.54 Å². The molecular formula is C16H17NO3. The summed E-state index contributed by atoms with van der Waals surface area (Å²) in [5, 5.41) is 11.9. The second kappa shape index (κ2) is 6.61. The average Bonchev–Trinajstić information content (AvgIpc) is 2.45. The Morgan fingerprint density at radius 2 is 1.90 bits per heavy atom. The van der Waals surface area contributed by atoms with Crippen LogP contribution in [0.4, 0.5) is 4.79 Å². The minimum absolute atomic E-state index is 0.178. The van der Waals surface area contributed by atoms with Gasteiger partial charge in [0.05, 0.1) is 0 Å². The number of hydrogen-bond donors (Lipinski definition) is 2. The fourth-order valence-corrected chi connectivity index (χ4v) is 1.72. The van der Waals surface area contributed by atoms with Crippen molar-refractivity contribution in [3.05, 3.63) is 65.2 Å². The van der Waals surface area contributed by atoms with Gasteiger partial charge in [-0.2, -0.15) is 0 Å². The molecule has 0 atom stereocenters. The number of carbonyl (C=O) groups excluding carboxylic acids is 1. The fourth-order valence-electron chi connectivity index (χ4n) is 1.72. The van der Waals surface area contributed by atoms with Crippen molar-refractivity contribution in [2.45, 2.75) is 20.1 Å². The Hall–Kier alpha value is -2.49. The molecule has 104 valence electrons. The number of hydrogen-bond acceptors (Lipinski definition) is 3. The monoisotopic (exact) mass is 271 g/mol. The summed E-state index contributed by atoms with van der Waals surface area (Å²) in [6, 6.07) is 14.5. The molecule has 0 aliphatic carbocycles. The summed E-state index contributed by atoms with van der Waals surface area (Å²) in [6.07, 6.45) is -0.478.